The van der Waals surface area contributed by atoms with Gasteiger partial charge >= 0.3 is 29.6 Å². The molecular formula is C30H49NaO. The molecule has 0 spiro atoms. The summed E-state index contributed by atoms with van der Waals surface area (Å²) in [6.07, 6.45) is 19.3. The Morgan fingerprint density at radius 2 is 0.750 bits per heavy atom. The van der Waals surface area contributed by atoms with E-state index in [1.807, 2.05) is 12.1 Å². The van der Waals surface area contributed by atoms with E-state index in [0.29, 0.717) is 0 Å². The molecule has 0 heterocycles. The third kappa shape index (κ3) is 18.9. The zero-order valence-electron chi connectivity index (χ0n) is 20.5. The molecule has 0 aliphatic rings. The van der Waals surface area contributed by atoms with E-state index in [9.17, 15) is 0 Å². The predicted molar refractivity (Wildman–Crippen MR) is 146 cm³/mol. The van der Waals surface area contributed by atoms with Gasteiger partial charge in [0.1, 0.15) is 0 Å². The van der Waals surface area contributed by atoms with Crippen LogP contribution in [0, 0.1) is 0 Å². The van der Waals surface area contributed by atoms with Crippen LogP contribution < -0.4 is 0 Å². The van der Waals surface area contributed by atoms with Gasteiger partial charge in [0.2, 0.25) is 0 Å². The van der Waals surface area contributed by atoms with Gasteiger partial charge < -0.3 is 4.74 Å². The molecule has 0 atom stereocenters. The van der Waals surface area contributed by atoms with E-state index in [4.69, 9.17) is 4.74 Å². The van der Waals surface area contributed by atoms with Crippen molar-refractivity contribution >= 4 is 29.6 Å². The zero-order chi connectivity index (χ0) is 22.2. The minimum atomic E-state index is 0. The number of benzene rings is 2. The van der Waals surface area contributed by atoms with E-state index < -0.39 is 0 Å². The van der Waals surface area contributed by atoms with Crippen molar-refractivity contribution in [1.82, 2.24) is 0 Å². The van der Waals surface area contributed by atoms with Gasteiger partial charge in [0, 0.05) is 13.2 Å². The van der Waals surface area contributed by atoms with Gasteiger partial charge in [-0.25, -0.2) is 0 Å². The molecular weight excluding hydrogens is 399 g/mol. The Morgan fingerprint density at radius 1 is 0.438 bits per heavy atom. The second-order valence-corrected chi connectivity index (χ2v) is 8.59. The first kappa shape index (κ1) is 31.4. The molecule has 2 aromatic rings. The molecule has 32 heavy (non-hydrogen) atoms. The van der Waals surface area contributed by atoms with Gasteiger partial charge in [-0.1, -0.05) is 152 Å². The van der Waals surface area contributed by atoms with Crippen LogP contribution in [0.5, 0.6) is 0 Å². The van der Waals surface area contributed by atoms with E-state index in [1.165, 1.54) is 101 Å². The minimum absolute atomic E-state index is 0. The first-order valence-electron chi connectivity index (χ1n) is 13.1. The SMILES string of the molecule is CCCCCCCCCOCCCCCCCCC.[NaH].c1ccc(-c2ccccc2)cc1. The summed E-state index contributed by atoms with van der Waals surface area (Å²) in [4.78, 5) is 0. The topological polar surface area (TPSA) is 9.23 Å². The molecule has 0 aliphatic carbocycles. The van der Waals surface area contributed by atoms with Crippen LogP contribution in [0.2, 0.25) is 0 Å². The third-order valence-electron chi connectivity index (χ3n) is 5.67. The van der Waals surface area contributed by atoms with Crippen LogP contribution in [0.1, 0.15) is 104 Å². The fraction of sp³-hybridized carbons (Fsp3) is 0.600. The molecule has 0 radical (unpaired) electrons. The number of ether oxygens (including phenoxy) is 1. The van der Waals surface area contributed by atoms with Gasteiger partial charge in [0.15, 0.2) is 0 Å². The van der Waals surface area contributed by atoms with E-state index in [2.05, 4.69) is 62.4 Å². The van der Waals surface area contributed by atoms with Crippen LogP contribution >= 0.6 is 0 Å². The maximum atomic E-state index is 5.69. The third-order valence-corrected chi connectivity index (χ3v) is 5.67. The summed E-state index contributed by atoms with van der Waals surface area (Å²) in [6.45, 7) is 6.53. The summed E-state index contributed by atoms with van der Waals surface area (Å²) < 4.78 is 5.69. The monoisotopic (exact) mass is 448 g/mol. The maximum Gasteiger partial charge on any atom is -0.0184 e. The molecule has 0 amide bonds. The zero-order valence-corrected chi connectivity index (χ0v) is 20.5. The summed E-state index contributed by atoms with van der Waals surface area (Å²) in [6, 6.07) is 20.8. The van der Waals surface area contributed by atoms with E-state index >= 15 is 0 Å². The smallest absolute Gasteiger partial charge is 0.0184 e. The van der Waals surface area contributed by atoms with Gasteiger partial charge in [-0.15, -0.1) is 0 Å². The molecule has 0 N–H and O–H groups in total. The number of unbranched alkanes of at least 4 members (excludes halogenated alkanes) is 12. The maximum absolute atomic E-state index is 5.69. The average molecular weight is 449 g/mol. The van der Waals surface area contributed by atoms with Crippen molar-refractivity contribution in [2.75, 3.05) is 13.2 Å². The Kier molecular flexibility index (Phi) is 24.6. The van der Waals surface area contributed by atoms with Crippen molar-refractivity contribution in [3.63, 3.8) is 0 Å². The second-order valence-electron chi connectivity index (χ2n) is 8.59. The Bertz CT molecular complexity index is 531. The fourth-order valence-electron chi connectivity index (χ4n) is 3.69. The van der Waals surface area contributed by atoms with Crippen molar-refractivity contribution in [2.24, 2.45) is 0 Å². The van der Waals surface area contributed by atoms with Crippen LogP contribution in [-0.4, -0.2) is 42.8 Å². The van der Waals surface area contributed by atoms with E-state index in [-0.39, 0.29) is 29.6 Å². The number of rotatable bonds is 17. The predicted octanol–water partition coefficient (Wildman–Crippen LogP) is 9.21. The van der Waals surface area contributed by atoms with E-state index in [1.54, 1.807) is 0 Å². The van der Waals surface area contributed by atoms with Crippen molar-refractivity contribution in [3.05, 3.63) is 60.7 Å². The molecule has 176 valence electrons. The molecule has 0 fully saturated rings. The van der Waals surface area contributed by atoms with Crippen LogP contribution in [0.4, 0.5) is 0 Å². The first-order valence-corrected chi connectivity index (χ1v) is 13.1. The molecule has 2 rings (SSSR count). The number of hydrogen-bond donors (Lipinski definition) is 0. The molecule has 0 bridgehead atoms. The summed E-state index contributed by atoms with van der Waals surface area (Å²) >= 11 is 0. The molecule has 1 nitrogen and oxygen atoms in total. The van der Waals surface area contributed by atoms with Crippen LogP contribution in [0.25, 0.3) is 11.1 Å². The Labute approximate surface area is 222 Å². The molecule has 0 saturated heterocycles. The van der Waals surface area contributed by atoms with Crippen molar-refractivity contribution in [2.45, 2.75) is 104 Å². The van der Waals surface area contributed by atoms with Gasteiger partial charge in [0.25, 0.3) is 0 Å². The van der Waals surface area contributed by atoms with Gasteiger partial charge in [-0.3, -0.25) is 0 Å². The number of hydrogen-bond acceptors (Lipinski definition) is 1. The Morgan fingerprint density at radius 3 is 1.09 bits per heavy atom. The van der Waals surface area contributed by atoms with Crippen LogP contribution in [0.3, 0.4) is 0 Å². The fourth-order valence-corrected chi connectivity index (χ4v) is 3.69. The van der Waals surface area contributed by atoms with Crippen molar-refractivity contribution < 1.29 is 4.74 Å². The van der Waals surface area contributed by atoms with Gasteiger partial charge in [0.05, 0.1) is 0 Å². The quantitative estimate of drug-likeness (QED) is 0.173. The molecule has 2 heteroatoms. The summed E-state index contributed by atoms with van der Waals surface area (Å²) in [5.74, 6) is 0. The standard InChI is InChI=1S/C18H38O.C12H10.Na.H/c1-3-5-7-9-11-13-15-17-19-18-16-14-12-10-8-6-4-2;1-3-7-11(8-4-1)12-9-5-2-6-10-12;;/h3-18H2,1-2H3;1-10H;;. The van der Waals surface area contributed by atoms with Crippen LogP contribution in [-0.2, 0) is 4.74 Å². The minimum Gasteiger partial charge on any atom is -0.0622 e. The largest absolute Gasteiger partial charge is 0.0622 e. The summed E-state index contributed by atoms with van der Waals surface area (Å²) in [5, 5.41) is 0. The van der Waals surface area contributed by atoms with Crippen LogP contribution in [0.15, 0.2) is 60.7 Å². The Hall–Kier alpha value is -0.600. The van der Waals surface area contributed by atoms with Gasteiger partial charge in [-0.2, -0.15) is 0 Å². The van der Waals surface area contributed by atoms with E-state index in [0.717, 1.165) is 13.2 Å². The molecule has 0 unspecified atom stereocenters. The summed E-state index contributed by atoms with van der Waals surface area (Å²) in [5.41, 5.74) is 2.55. The first-order chi connectivity index (χ1) is 15.4. The van der Waals surface area contributed by atoms with Gasteiger partial charge in [-0.05, 0) is 24.0 Å². The normalized spacial score (nSPS) is 10.2. The molecule has 0 aromatic heterocycles. The Balaban J connectivity index is 0.000000631. The molecule has 0 saturated carbocycles. The molecule has 2 aromatic carbocycles. The second kappa shape index (κ2) is 25.0. The van der Waals surface area contributed by atoms with Crippen molar-refractivity contribution in [1.29, 1.82) is 0 Å². The van der Waals surface area contributed by atoms with Crippen molar-refractivity contribution in [3.8, 4) is 11.1 Å². The summed E-state index contributed by atoms with van der Waals surface area (Å²) in [7, 11) is 0. The average Bonchev–Trinajstić information content (AvgIpc) is 2.83. The molecule has 0 aliphatic heterocycles.